The molecule has 7 heteroatoms. The largest absolute Gasteiger partial charge is 0.457 e. The van der Waals surface area contributed by atoms with E-state index in [1.165, 1.54) is 0 Å². The number of rotatable bonds is 4. The van der Waals surface area contributed by atoms with Crippen LogP contribution in [-0.4, -0.2) is 52.2 Å². The van der Waals surface area contributed by atoms with Crippen LogP contribution in [0.2, 0.25) is 0 Å². The summed E-state index contributed by atoms with van der Waals surface area (Å²) >= 11 is 0. The van der Waals surface area contributed by atoms with E-state index in [9.17, 15) is 14.8 Å². The zero-order valence-electron chi connectivity index (χ0n) is 7.24. The van der Waals surface area contributed by atoms with Crippen LogP contribution in [0.3, 0.4) is 0 Å². The number of nitrogens with zero attached hydrogens (tertiary/aromatic N) is 1. The summed E-state index contributed by atoms with van der Waals surface area (Å²) in [6.45, 7) is -0.481. The summed E-state index contributed by atoms with van der Waals surface area (Å²) in [7, 11) is 0. The van der Waals surface area contributed by atoms with Gasteiger partial charge < -0.3 is 20.1 Å². The predicted molar refractivity (Wildman–Crippen MR) is 43.2 cm³/mol. The number of esters is 1. The van der Waals surface area contributed by atoms with Crippen LogP contribution in [-0.2, 0) is 9.53 Å². The number of carbonyl (C=O) groups excluding carboxylic acids is 1. The molecule has 0 aliphatic carbocycles. The summed E-state index contributed by atoms with van der Waals surface area (Å²) in [4.78, 5) is 20.5. The van der Waals surface area contributed by atoms with E-state index in [4.69, 9.17) is 10.2 Å². The van der Waals surface area contributed by atoms with Crippen molar-refractivity contribution in [1.82, 2.24) is 0 Å². The Kier molecular flexibility index (Phi) is 3.50. The third kappa shape index (κ3) is 2.25. The van der Waals surface area contributed by atoms with Crippen LogP contribution in [0.15, 0.2) is 5.18 Å². The van der Waals surface area contributed by atoms with E-state index in [2.05, 4.69) is 9.91 Å². The zero-order valence-corrected chi connectivity index (χ0v) is 7.24. The lowest BCUT2D eigenvalue weighted by molar-refractivity contribution is -0.152. The van der Waals surface area contributed by atoms with Gasteiger partial charge in [0.2, 0.25) is 0 Å². The molecule has 4 atom stereocenters. The van der Waals surface area contributed by atoms with Crippen molar-refractivity contribution < 1.29 is 24.9 Å². The summed E-state index contributed by atoms with van der Waals surface area (Å²) in [6.07, 6.45) is -5.11. The Hall–Kier alpha value is -1.05. The molecule has 7 nitrogen and oxygen atoms in total. The van der Waals surface area contributed by atoms with E-state index in [-0.39, 0.29) is 6.42 Å². The fourth-order valence-corrected chi connectivity index (χ4v) is 1.23. The molecule has 80 valence electrons. The highest BCUT2D eigenvalue weighted by Crippen LogP contribution is 2.19. The monoisotopic (exact) mass is 205 g/mol. The lowest BCUT2D eigenvalue weighted by Gasteiger charge is -2.19. The highest BCUT2D eigenvalue weighted by Gasteiger charge is 2.39. The molecule has 0 aromatic heterocycles. The van der Waals surface area contributed by atoms with Crippen molar-refractivity contribution in [3.8, 4) is 0 Å². The molecule has 0 radical (unpaired) electrons. The normalized spacial score (nSPS) is 30.9. The van der Waals surface area contributed by atoms with Gasteiger partial charge in [-0.1, -0.05) is 5.18 Å². The molecule has 1 aliphatic heterocycles. The van der Waals surface area contributed by atoms with Crippen LogP contribution < -0.4 is 0 Å². The van der Waals surface area contributed by atoms with Crippen LogP contribution in [0.1, 0.15) is 6.42 Å². The van der Waals surface area contributed by atoms with Gasteiger partial charge in [0.05, 0.1) is 0 Å². The first-order valence-corrected chi connectivity index (χ1v) is 4.10. The summed E-state index contributed by atoms with van der Waals surface area (Å²) < 4.78 is 4.56. The van der Waals surface area contributed by atoms with E-state index >= 15 is 0 Å². The molecule has 1 fully saturated rings. The second kappa shape index (κ2) is 4.45. The molecule has 0 amide bonds. The van der Waals surface area contributed by atoms with E-state index in [1.807, 2.05) is 0 Å². The fraction of sp³-hybridized carbons (Fsp3) is 0.857. The number of nitroso groups, excluding NO2 is 1. The van der Waals surface area contributed by atoms with Crippen LogP contribution in [0.4, 0.5) is 0 Å². The molecular weight excluding hydrogens is 194 g/mol. The van der Waals surface area contributed by atoms with E-state index in [0.29, 0.717) is 0 Å². The van der Waals surface area contributed by atoms with Gasteiger partial charge in [0, 0.05) is 6.42 Å². The third-order valence-electron chi connectivity index (χ3n) is 2.03. The first kappa shape index (κ1) is 11.0. The van der Waals surface area contributed by atoms with Crippen LogP contribution in [0, 0.1) is 4.91 Å². The summed E-state index contributed by atoms with van der Waals surface area (Å²) in [6, 6.07) is 0. The molecule has 1 heterocycles. The molecule has 1 aliphatic rings. The first-order chi connectivity index (χ1) is 6.56. The van der Waals surface area contributed by atoms with E-state index < -0.39 is 36.9 Å². The number of cyclic esters (lactones) is 1. The Balaban J connectivity index is 2.49. The van der Waals surface area contributed by atoms with Gasteiger partial charge in [-0.15, -0.1) is 0 Å². The number of ether oxygens (including phenoxy) is 1. The van der Waals surface area contributed by atoms with Gasteiger partial charge in [0.25, 0.3) is 0 Å². The molecule has 1 rings (SSSR count). The third-order valence-corrected chi connectivity index (χ3v) is 2.03. The minimum atomic E-state index is -1.39. The SMILES string of the molecule is O=NCC(O)[C@H](O)C1C[C@@H](O)C(=O)O1. The van der Waals surface area contributed by atoms with Crippen LogP contribution >= 0.6 is 0 Å². The smallest absolute Gasteiger partial charge is 0.335 e. The van der Waals surface area contributed by atoms with Gasteiger partial charge in [0.1, 0.15) is 24.9 Å². The van der Waals surface area contributed by atoms with Crippen molar-refractivity contribution in [1.29, 1.82) is 0 Å². The average Bonchev–Trinajstić information content (AvgIpc) is 2.46. The van der Waals surface area contributed by atoms with Crippen molar-refractivity contribution in [2.24, 2.45) is 5.18 Å². The molecule has 0 aromatic rings. The predicted octanol–water partition coefficient (Wildman–Crippen LogP) is -1.85. The van der Waals surface area contributed by atoms with E-state index in [1.54, 1.807) is 0 Å². The maximum absolute atomic E-state index is 10.7. The van der Waals surface area contributed by atoms with Crippen molar-refractivity contribution >= 4 is 5.97 Å². The standard InChI is InChI=1S/C7H11NO6/c9-3-1-5(14-7(3)12)6(11)4(10)2-8-13/h3-6,9-11H,1-2H2/t3-,4?,5?,6+/m1/s1. The molecule has 0 bridgehead atoms. The molecule has 3 N–H and O–H groups in total. The summed E-state index contributed by atoms with van der Waals surface area (Å²) in [5.41, 5.74) is 0. The quantitative estimate of drug-likeness (QED) is 0.366. The topological polar surface area (TPSA) is 116 Å². The van der Waals surface area contributed by atoms with E-state index in [0.717, 1.165) is 0 Å². The number of carbonyl (C=O) groups is 1. The maximum atomic E-state index is 10.7. The molecule has 2 unspecified atom stereocenters. The second-order valence-corrected chi connectivity index (χ2v) is 3.10. The Morgan fingerprint density at radius 2 is 2.21 bits per heavy atom. The Bertz CT molecular complexity index is 232. The summed E-state index contributed by atoms with van der Waals surface area (Å²) in [5, 5.41) is 29.9. The molecule has 1 saturated heterocycles. The van der Waals surface area contributed by atoms with Gasteiger partial charge in [0.15, 0.2) is 6.10 Å². The average molecular weight is 205 g/mol. The van der Waals surface area contributed by atoms with Crippen molar-refractivity contribution in [2.75, 3.05) is 6.54 Å². The molecule has 0 saturated carbocycles. The first-order valence-electron chi connectivity index (χ1n) is 4.10. The summed E-state index contributed by atoms with van der Waals surface area (Å²) in [5.74, 6) is -0.833. The zero-order chi connectivity index (χ0) is 10.7. The number of aliphatic hydroxyl groups is 3. The van der Waals surface area contributed by atoms with Crippen LogP contribution in [0.25, 0.3) is 0 Å². The van der Waals surface area contributed by atoms with Gasteiger partial charge >= 0.3 is 5.97 Å². The molecule has 0 spiro atoms. The van der Waals surface area contributed by atoms with Crippen molar-refractivity contribution in [2.45, 2.75) is 30.8 Å². The number of hydrogen-bond acceptors (Lipinski definition) is 7. The Morgan fingerprint density at radius 3 is 2.64 bits per heavy atom. The lowest BCUT2D eigenvalue weighted by Crippen LogP contribution is -2.39. The van der Waals surface area contributed by atoms with Crippen molar-refractivity contribution in [3.05, 3.63) is 4.91 Å². The van der Waals surface area contributed by atoms with Gasteiger partial charge in [-0.3, -0.25) is 0 Å². The molecular formula is C7H11NO6. The number of hydrogen-bond donors (Lipinski definition) is 3. The van der Waals surface area contributed by atoms with Gasteiger partial charge in [-0.2, -0.15) is 4.91 Å². The molecule has 14 heavy (non-hydrogen) atoms. The van der Waals surface area contributed by atoms with Crippen molar-refractivity contribution in [3.63, 3.8) is 0 Å². The highest BCUT2D eigenvalue weighted by atomic mass is 16.6. The van der Waals surface area contributed by atoms with Gasteiger partial charge in [-0.05, 0) is 0 Å². The Labute approximate surface area is 79.3 Å². The van der Waals surface area contributed by atoms with Crippen LogP contribution in [0.5, 0.6) is 0 Å². The maximum Gasteiger partial charge on any atom is 0.335 e. The van der Waals surface area contributed by atoms with Gasteiger partial charge in [-0.25, -0.2) is 4.79 Å². The number of aliphatic hydroxyl groups excluding tert-OH is 3. The molecule has 0 aromatic carbocycles. The second-order valence-electron chi connectivity index (χ2n) is 3.10. The minimum Gasteiger partial charge on any atom is -0.457 e. The highest BCUT2D eigenvalue weighted by molar-refractivity contribution is 5.76. The lowest BCUT2D eigenvalue weighted by atomic mass is 10.0. The Morgan fingerprint density at radius 1 is 1.57 bits per heavy atom. The minimum absolute atomic E-state index is 0.0874. The fourth-order valence-electron chi connectivity index (χ4n) is 1.23.